The van der Waals surface area contributed by atoms with Crippen LogP contribution in [0.5, 0.6) is 0 Å². The molecule has 0 aromatic rings. The van der Waals surface area contributed by atoms with E-state index in [1.54, 1.807) is 0 Å². The van der Waals surface area contributed by atoms with Gasteiger partial charge < -0.3 is 0 Å². The van der Waals surface area contributed by atoms with Gasteiger partial charge in [-0.2, -0.15) is 0 Å². The minimum absolute atomic E-state index is 0. The number of hydrogen-bond donors (Lipinski definition) is 0. The zero-order chi connectivity index (χ0) is 7.07. The van der Waals surface area contributed by atoms with E-state index in [1.807, 2.05) is 0 Å². The van der Waals surface area contributed by atoms with E-state index >= 15 is 0 Å². The van der Waals surface area contributed by atoms with Gasteiger partial charge in [0.1, 0.15) is 0 Å². The van der Waals surface area contributed by atoms with Crippen LogP contribution < -0.4 is 0 Å². The van der Waals surface area contributed by atoms with E-state index in [-0.39, 0.29) is 19.5 Å². The van der Waals surface area contributed by atoms with Crippen LogP contribution in [0.15, 0.2) is 34.4 Å². The van der Waals surface area contributed by atoms with Crippen LogP contribution in [0.2, 0.25) is 0 Å². The molecule has 0 fully saturated rings. The second-order valence-electron chi connectivity index (χ2n) is 1.25. The fourth-order valence-corrected chi connectivity index (χ4v) is 0.312. The minimum atomic E-state index is 0. The molecule has 2 aliphatic carbocycles. The largest absolute Gasteiger partial charge is 2.00 e. The van der Waals surface area contributed by atoms with E-state index in [0.29, 0.717) is 0 Å². The Morgan fingerprint density at radius 3 is 1.18 bits per heavy atom. The zero-order valence-electron chi connectivity index (χ0n) is 5.35. The van der Waals surface area contributed by atoms with Gasteiger partial charge in [0.2, 0.25) is 0 Å². The third-order valence-electron chi connectivity index (χ3n) is 0.625. The zero-order valence-corrected chi connectivity index (χ0v) is 7.09. The SMILES string of the molecule is [C]1=C=C=C=[C-]1.[C]1=C=C=C=[C-]1.[Ru+2]. The number of allylic oxidation sites excluding steroid dienone is 4. The monoisotopic (exact) mass is 222 g/mol. The molecule has 0 aliphatic heterocycles. The van der Waals surface area contributed by atoms with Gasteiger partial charge in [0.15, 0.2) is 0 Å². The molecule has 0 aromatic carbocycles. The summed E-state index contributed by atoms with van der Waals surface area (Å²) < 4.78 is 0. The van der Waals surface area contributed by atoms with Crippen LogP contribution >= 0.6 is 0 Å². The van der Waals surface area contributed by atoms with E-state index in [9.17, 15) is 0 Å². The third kappa shape index (κ3) is 5.24. The van der Waals surface area contributed by atoms with E-state index in [0.717, 1.165) is 0 Å². The first-order chi connectivity index (χ1) is 5.00. The fourth-order valence-electron chi connectivity index (χ4n) is 0.312. The van der Waals surface area contributed by atoms with Gasteiger partial charge in [-0.15, -0.1) is 24.3 Å². The van der Waals surface area contributed by atoms with E-state index in [4.69, 9.17) is 0 Å². The van der Waals surface area contributed by atoms with Crippen LogP contribution in [0, 0.1) is 24.3 Å². The first-order valence-corrected chi connectivity index (χ1v) is 2.50. The second kappa shape index (κ2) is 6.90. The van der Waals surface area contributed by atoms with Crippen molar-refractivity contribution in [2.24, 2.45) is 0 Å². The molecule has 0 aromatic heterocycles. The molecule has 0 heterocycles. The van der Waals surface area contributed by atoms with Gasteiger partial charge in [-0.1, -0.05) is 0 Å². The molecule has 2 radical (unpaired) electrons. The summed E-state index contributed by atoms with van der Waals surface area (Å²) in [6, 6.07) is 0. The summed E-state index contributed by atoms with van der Waals surface area (Å²) >= 11 is 0. The molecular formula is C10Ru. The van der Waals surface area contributed by atoms with Crippen LogP contribution in [-0.2, 0) is 19.5 Å². The van der Waals surface area contributed by atoms with Gasteiger partial charge in [0, 0.05) is 0 Å². The summed E-state index contributed by atoms with van der Waals surface area (Å²) in [7, 11) is 0. The molecule has 0 nitrogen and oxygen atoms in total. The maximum absolute atomic E-state index is 2.50. The maximum atomic E-state index is 2.50. The van der Waals surface area contributed by atoms with Crippen molar-refractivity contribution < 1.29 is 19.5 Å². The first-order valence-electron chi connectivity index (χ1n) is 2.50. The molecule has 0 spiro atoms. The molecule has 0 bridgehead atoms. The molecule has 2 aliphatic rings. The average molecular weight is 221 g/mol. The van der Waals surface area contributed by atoms with E-state index in [2.05, 4.69) is 58.7 Å². The Balaban J connectivity index is 0.000000167. The smallest absolute Gasteiger partial charge is 0.288 e. The topological polar surface area (TPSA) is 0 Å². The Bertz CT molecular complexity index is 303. The van der Waals surface area contributed by atoms with Gasteiger partial charge in [0.05, 0.1) is 0 Å². The molecular weight excluding hydrogens is 221 g/mol. The van der Waals surface area contributed by atoms with Crippen molar-refractivity contribution in [3.63, 3.8) is 0 Å². The van der Waals surface area contributed by atoms with E-state index < -0.39 is 0 Å². The summed E-state index contributed by atoms with van der Waals surface area (Å²) in [5, 5.41) is 0. The Morgan fingerprint density at radius 1 is 0.636 bits per heavy atom. The molecule has 1 heteroatoms. The quantitative estimate of drug-likeness (QED) is 0.328. The van der Waals surface area contributed by atoms with Gasteiger partial charge in [-0.3, -0.25) is 22.9 Å². The van der Waals surface area contributed by atoms with Crippen molar-refractivity contribution in [1.82, 2.24) is 0 Å². The summed E-state index contributed by atoms with van der Waals surface area (Å²) in [4.78, 5) is 0. The average Bonchev–Trinajstić information content (AvgIpc) is 2.67. The molecule has 2 rings (SSSR count). The standard InChI is InChI=1S/2C5.Ru/c2*1-2-4-5-3-1;/q2*-1;+2. The maximum Gasteiger partial charge on any atom is 2.00 e. The van der Waals surface area contributed by atoms with Crippen molar-refractivity contribution >= 4 is 0 Å². The second-order valence-corrected chi connectivity index (χ2v) is 1.25. The molecule has 11 heavy (non-hydrogen) atoms. The van der Waals surface area contributed by atoms with Crippen molar-refractivity contribution in [3.05, 3.63) is 58.7 Å². The number of rotatable bonds is 0. The molecule has 48 valence electrons. The Hall–Kier alpha value is -1.22. The van der Waals surface area contributed by atoms with Crippen LogP contribution in [0.1, 0.15) is 0 Å². The van der Waals surface area contributed by atoms with Crippen LogP contribution in [-0.4, -0.2) is 0 Å². The molecule has 0 unspecified atom stereocenters. The minimum Gasteiger partial charge on any atom is -0.288 e. The van der Waals surface area contributed by atoms with Crippen molar-refractivity contribution in [2.45, 2.75) is 0 Å². The van der Waals surface area contributed by atoms with Crippen molar-refractivity contribution in [3.8, 4) is 0 Å². The Kier molecular flexibility index (Phi) is 6.13. The van der Waals surface area contributed by atoms with Crippen molar-refractivity contribution in [1.29, 1.82) is 0 Å². The number of hydrogen-bond acceptors (Lipinski definition) is 0. The molecule has 0 saturated heterocycles. The van der Waals surface area contributed by atoms with Gasteiger partial charge >= 0.3 is 19.5 Å². The Labute approximate surface area is 78.4 Å². The predicted octanol–water partition coefficient (Wildman–Crippen LogP) is 1.25. The van der Waals surface area contributed by atoms with Crippen LogP contribution in [0.3, 0.4) is 0 Å². The van der Waals surface area contributed by atoms with Gasteiger partial charge in [-0.25, -0.2) is 11.5 Å². The molecule has 0 saturated carbocycles. The van der Waals surface area contributed by atoms with Crippen LogP contribution in [0.4, 0.5) is 0 Å². The van der Waals surface area contributed by atoms with Gasteiger partial charge in [0.25, 0.3) is 0 Å². The normalized spacial score (nSPS) is 10.2. The molecule has 0 amide bonds. The summed E-state index contributed by atoms with van der Waals surface area (Å²) in [5.41, 5.74) is 15.0. The third-order valence-corrected chi connectivity index (χ3v) is 0.625. The summed E-state index contributed by atoms with van der Waals surface area (Å²) in [6.07, 6.45) is 10.0. The molecule has 0 atom stereocenters. The van der Waals surface area contributed by atoms with Crippen molar-refractivity contribution in [2.75, 3.05) is 0 Å². The fraction of sp³-hybridized carbons (Fsp3) is 0. The summed E-state index contributed by atoms with van der Waals surface area (Å²) in [6.45, 7) is 0. The Morgan fingerprint density at radius 2 is 1.09 bits per heavy atom. The van der Waals surface area contributed by atoms with E-state index in [1.165, 1.54) is 0 Å². The molecule has 0 N–H and O–H groups in total. The predicted molar refractivity (Wildman–Crippen MR) is 34.0 cm³/mol. The van der Waals surface area contributed by atoms with Gasteiger partial charge in [-0.05, 0) is 0 Å². The summed E-state index contributed by atoms with van der Waals surface area (Å²) in [5.74, 6) is 0. The first kappa shape index (κ1) is 9.78. The van der Waals surface area contributed by atoms with Crippen LogP contribution in [0.25, 0.3) is 0 Å².